The zero-order valence-corrected chi connectivity index (χ0v) is 34.2. The molecule has 298 valence electrons. The molecule has 0 aliphatic heterocycles. The van der Waals surface area contributed by atoms with Crippen molar-refractivity contribution in [1.29, 1.82) is 0 Å². The molecule has 1 heterocycles. The van der Waals surface area contributed by atoms with Crippen LogP contribution in [0.25, 0.3) is 22.5 Å². The summed E-state index contributed by atoms with van der Waals surface area (Å²) in [5.41, 5.74) is 3.91. The number of nitrogens with one attached hydrogen (secondary N) is 2. The van der Waals surface area contributed by atoms with Gasteiger partial charge in [-0.2, -0.15) is 0 Å². The maximum absolute atomic E-state index is 13.8. The van der Waals surface area contributed by atoms with Crippen molar-refractivity contribution >= 4 is 23.6 Å². The van der Waals surface area contributed by atoms with Gasteiger partial charge in [-0.1, -0.05) is 102 Å². The third-order valence-corrected chi connectivity index (χ3v) is 9.14. The topological polar surface area (TPSA) is 137 Å². The SMILES string of the molecule is CCCCCCCOc1ccc(-c2cnc(-c3ccc(C[C@H](NC(=O)c4ccc(C(C)(C)C)cc4)C(=O)NC(CC(C)=O)C(=O)OC(C)(C)C)cc3)nc2)cc1. The lowest BCUT2D eigenvalue weighted by atomic mass is 9.86. The van der Waals surface area contributed by atoms with Crippen molar-refractivity contribution in [2.45, 2.75) is 123 Å². The van der Waals surface area contributed by atoms with Crippen molar-refractivity contribution in [2.24, 2.45) is 0 Å². The lowest BCUT2D eigenvalue weighted by molar-refractivity contribution is -0.159. The van der Waals surface area contributed by atoms with E-state index in [1.54, 1.807) is 45.3 Å². The minimum atomic E-state index is -1.22. The molecule has 2 amide bonds. The number of benzene rings is 3. The van der Waals surface area contributed by atoms with E-state index in [-0.39, 0.29) is 24.0 Å². The van der Waals surface area contributed by atoms with Gasteiger partial charge in [-0.25, -0.2) is 14.8 Å². The molecule has 0 fully saturated rings. The van der Waals surface area contributed by atoms with Crippen LogP contribution in [0.4, 0.5) is 0 Å². The van der Waals surface area contributed by atoms with Gasteiger partial charge in [-0.15, -0.1) is 0 Å². The van der Waals surface area contributed by atoms with Crippen LogP contribution in [0.2, 0.25) is 0 Å². The van der Waals surface area contributed by atoms with Crippen LogP contribution in [0.5, 0.6) is 5.75 Å². The second kappa shape index (κ2) is 20.0. The predicted octanol–water partition coefficient (Wildman–Crippen LogP) is 8.60. The van der Waals surface area contributed by atoms with Gasteiger partial charge >= 0.3 is 5.97 Å². The predicted molar refractivity (Wildman–Crippen MR) is 220 cm³/mol. The molecular formula is C46H58N4O6. The molecule has 0 saturated carbocycles. The summed E-state index contributed by atoms with van der Waals surface area (Å²) < 4.78 is 11.4. The molecule has 2 atom stereocenters. The number of carbonyl (C=O) groups is 4. The summed E-state index contributed by atoms with van der Waals surface area (Å²) in [7, 11) is 0. The van der Waals surface area contributed by atoms with E-state index >= 15 is 0 Å². The summed E-state index contributed by atoms with van der Waals surface area (Å²) >= 11 is 0. The molecule has 10 nitrogen and oxygen atoms in total. The van der Waals surface area contributed by atoms with E-state index in [0.717, 1.165) is 40.0 Å². The van der Waals surface area contributed by atoms with Gasteiger partial charge in [0.15, 0.2) is 5.82 Å². The second-order valence-electron chi connectivity index (χ2n) is 16.3. The van der Waals surface area contributed by atoms with Gasteiger partial charge in [0.05, 0.1) is 6.61 Å². The summed E-state index contributed by atoms with van der Waals surface area (Å²) in [6, 6.07) is 20.3. The number of esters is 1. The zero-order valence-electron chi connectivity index (χ0n) is 34.2. The highest BCUT2D eigenvalue weighted by atomic mass is 16.6. The second-order valence-corrected chi connectivity index (χ2v) is 16.3. The maximum Gasteiger partial charge on any atom is 0.329 e. The molecule has 0 aliphatic rings. The van der Waals surface area contributed by atoms with Crippen LogP contribution in [0.1, 0.15) is 115 Å². The Balaban J connectivity index is 1.47. The first-order valence-corrected chi connectivity index (χ1v) is 19.6. The summed E-state index contributed by atoms with van der Waals surface area (Å²) in [5.74, 6) is -0.710. The number of nitrogens with zero attached hydrogens (tertiary/aromatic N) is 2. The molecule has 2 N–H and O–H groups in total. The van der Waals surface area contributed by atoms with E-state index in [4.69, 9.17) is 9.47 Å². The standard InChI is InChI=1S/C46H58N4O6/c1-9-10-11-12-13-26-55-38-24-20-33(21-25-38)36-29-47-41(48-30-36)34-16-14-32(15-17-34)28-39(49-42(52)35-18-22-37(23-19-35)45(3,4)5)43(53)50-40(27-31(2)51)44(54)56-46(6,7)8/h14-25,29-30,39-40H,9-13,26-28H2,1-8H3,(H,49,52)(H,50,53)/t39-,40?/m0/s1. The van der Waals surface area contributed by atoms with Gasteiger partial charge in [0.2, 0.25) is 5.91 Å². The number of Topliss-reactive ketones (excluding diaryl/α,β-unsaturated/α-hetero) is 1. The average molecular weight is 763 g/mol. The molecular weight excluding hydrogens is 705 g/mol. The molecule has 0 bridgehead atoms. The van der Waals surface area contributed by atoms with Gasteiger partial charge in [-0.3, -0.25) is 14.4 Å². The van der Waals surface area contributed by atoms with Gasteiger partial charge < -0.3 is 20.1 Å². The summed E-state index contributed by atoms with van der Waals surface area (Å²) in [6.45, 7) is 15.7. The maximum atomic E-state index is 13.8. The largest absolute Gasteiger partial charge is 0.494 e. The Morgan fingerprint density at radius 3 is 1.88 bits per heavy atom. The Bertz CT molecular complexity index is 1890. The third kappa shape index (κ3) is 13.7. The number of ketones is 1. The fourth-order valence-corrected chi connectivity index (χ4v) is 5.99. The monoisotopic (exact) mass is 762 g/mol. The molecule has 0 saturated heterocycles. The normalized spacial score (nSPS) is 12.6. The van der Waals surface area contributed by atoms with Crippen LogP contribution in [0, 0.1) is 0 Å². The van der Waals surface area contributed by atoms with Crippen molar-refractivity contribution in [3.8, 4) is 28.3 Å². The van der Waals surface area contributed by atoms with Crippen molar-refractivity contribution < 1.29 is 28.7 Å². The van der Waals surface area contributed by atoms with E-state index in [1.165, 1.54) is 32.6 Å². The van der Waals surface area contributed by atoms with Crippen molar-refractivity contribution in [1.82, 2.24) is 20.6 Å². The van der Waals surface area contributed by atoms with E-state index in [0.29, 0.717) is 18.0 Å². The van der Waals surface area contributed by atoms with Crippen molar-refractivity contribution in [3.05, 3.63) is 102 Å². The van der Waals surface area contributed by atoms with E-state index in [2.05, 4.69) is 48.3 Å². The number of amides is 2. The molecule has 4 aromatic rings. The Morgan fingerprint density at radius 2 is 1.30 bits per heavy atom. The molecule has 0 spiro atoms. The highest BCUT2D eigenvalue weighted by molar-refractivity contribution is 5.98. The Morgan fingerprint density at radius 1 is 0.696 bits per heavy atom. The van der Waals surface area contributed by atoms with Crippen molar-refractivity contribution in [2.75, 3.05) is 6.61 Å². The highest BCUT2D eigenvalue weighted by Gasteiger charge is 2.31. The number of aromatic nitrogens is 2. The van der Waals surface area contributed by atoms with Crippen molar-refractivity contribution in [3.63, 3.8) is 0 Å². The molecule has 56 heavy (non-hydrogen) atoms. The minimum Gasteiger partial charge on any atom is -0.494 e. The van der Waals surface area contributed by atoms with Gasteiger partial charge in [0, 0.05) is 41.9 Å². The molecule has 1 aromatic heterocycles. The van der Waals surface area contributed by atoms with Crippen LogP contribution in [-0.2, 0) is 31.0 Å². The molecule has 4 rings (SSSR count). The van der Waals surface area contributed by atoms with E-state index in [9.17, 15) is 19.2 Å². The first-order chi connectivity index (χ1) is 26.5. The number of hydrogen-bond donors (Lipinski definition) is 2. The quantitative estimate of drug-likeness (QED) is 0.0760. The molecule has 1 unspecified atom stereocenters. The van der Waals surface area contributed by atoms with Crippen LogP contribution in [0.15, 0.2) is 85.2 Å². The highest BCUT2D eigenvalue weighted by Crippen LogP contribution is 2.25. The third-order valence-electron chi connectivity index (χ3n) is 9.14. The van der Waals surface area contributed by atoms with Gasteiger partial charge in [0.25, 0.3) is 5.91 Å². The molecule has 0 aliphatic carbocycles. The molecule has 10 heteroatoms. The van der Waals surface area contributed by atoms with E-state index in [1.807, 2.05) is 60.7 Å². The van der Waals surface area contributed by atoms with Crippen LogP contribution < -0.4 is 15.4 Å². The Hall–Kier alpha value is -5.38. The lowest BCUT2D eigenvalue weighted by Gasteiger charge is -2.26. The number of unbranched alkanes of at least 4 members (excludes halogenated alkanes) is 4. The lowest BCUT2D eigenvalue weighted by Crippen LogP contribution is -2.53. The van der Waals surface area contributed by atoms with Crippen LogP contribution in [0.3, 0.4) is 0 Å². The average Bonchev–Trinajstić information content (AvgIpc) is 3.15. The number of rotatable bonds is 18. The van der Waals surface area contributed by atoms with Crippen LogP contribution in [-0.4, -0.2) is 57.8 Å². The Kier molecular flexibility index (Phi) is 15.5. The summed E-state index contributed by atoms with van der Waals surface area (Å²) in [4.78, 5) is 61.7. The first kappa shape index (κ1) is 43.3. The number of ether oxygens (including phenoxy) is 2. The summed E-state index contributed by atoms with van der Waals surface area (Å²) in [6.07, 6.45) is 9.40. The van der Waals surface area contributed by atoms with Crippen LogP contribution >= 0.6 is 0 Å². The molecule has 3 aromatic carbocycles. The summed E-state index contributed by atoms with van der Waals surface area (Å²) in [5, 5.41) is 5.53. The van der Waals surface area contributed by atoms with Gasteiger partial charge in [0.1, 0.15) is 29.2 Å². The number of carbonyl (C=O) groups excluding carboxylic acids is 4. The zero-order chi connectivity index (χ0) is 40.9. The fraction of sp³-hybridized carbons (Fsp3) is 0.435. The molecule has 0 radical (unpaired) electrons. The minimum absolute atomic E-state index is 0.0984. The first-order valence-electron chi connectivity index (χ1n) is 19.6. The fourth-order valence-electron chi connectivity index (χ4n) is 5.99. The smallest absolute Gasteiger partial charge is 0.329 e. The number of hydrogen-bond acceptors (Lipinski definition) is 8. The van der Waals surface area contributed by atoms with Gasteiger partial charge in [-0.05, 0) is 80.5 Å². The van der Waals surface area contributed by atoms with E-state index < -0.39 is 35.5 Å². The Labute approximate surface area is 332 Å².